The van der Waals surface area contributed by atoms with Gasteiger partial charge in [-0.25, -0.2) is 17.5 Å². The summed E-state index contributed by atoms with van der Waals surface area (Å²) in [6.45, 7) is 5.03. The number of benzene rings is 2. The lowest BCUT2D eigenvalue weighted by Crippen LogP contribution is -2.40. The summed E-state index contributed by atoms with van der Waals surface area (Å²) in [5.41, 5.74) is 0.234. The van der Waals surface area contributed by atoms with Crippen molar-refractivity contribution in [3.05, 3.63) is 64.4 Å². The van der Waals surface area contributed by atoms with Crippen molar-refractivity contribution in [2.45, 2.75) is 31.2 Å². The lowest BCUT2D eigenvalue weighted by molar-refractivity contribution is 0.472. The first kappa shape index (κ1) is 16.9. The molecule has 0 spiro atoms. The number of sulfonamides is 1. The number of aryl methyl sites for hydroxylation is 1. The fraction of sp³-hybridized carbons (Fsp3) is 0.250. The van der Waals surface area contributed by atoms with E-state index < -0.39 is 21.4 Å². The number of nitrogens with one attached hydrogen (secondary N) is 1. The maximum atomic E-state index is 13.3. The molecular formula is C16H17ClFNO2S. The minimum Gasteiger partial charge on any atom is -0.207 e. The van der Waals surface area contributed by atoms with E-state index in [1.54, 1.807) is 38.1 Å². The van der Waals surface area contributed by atoms with Crippen LogP contribution in [0.4, 0.5) is 4.39 Å². The quantitative estimate of drug-likeness (QED) is 0.913. The van der Waals surface area contributed by atoms with Crippen molar-refractivity contribution in [2.75, 3.05) is 0 Å². The summed E-state index contributed by atoms with van der Waals surface area (Å²) in [6, 6.07) is 10.7. The van der Waals surface area contributed by atoms with Gasteiger partial charge in [0.1, 0.15) is 5.82 Å². The Morgan fingerprint density at radius 1 is 1.09 bits per heavy atom. The standard InChI is InChI=1S/C16H17ClFNO2S/c1-11-10-14(8-9-15(11)18)22(20,21)19-16(2,3)12-4-6-13(17)7-5-12/h4-10,19H,1-3H3. The molecular weight excluding hydrogens is 325 g/mol. The molecule has 6 heteroatoms. The second-order valence-electron chi connectivity index (χ2n) is 5.65. The summed E-state index contributed by atoms with van der Waals surface area (Å²) in [4.78, 5) is 0.0356. The first-order chi connectivity index (χ1) is 10.1. The molecule has 0 aliphatic rings. The molecule has 0 bridgehead atoms. The number of hydrogen-bond donors (Lipinski definition) is 1. The van der Waals surface area contributed by atoms with E-state index in [4.69, 9.17) is 11.6 Å². The molecule has 0 aromatic heterocycles. The predicted molar refractivity (Wildman–Crippen MR) is 85.9 cm³/mol. The van der Waals surface area contributed by atoms with Gasteiger partial charge in [0.05, 0.1) is 10.4 Å². The summed E-state index contributed by atoms with van der Waals surface area (Å²) in [5, 5.41) is 0.580. The molecule has 2 aromatic rings. The third-order valence-corrected chi connectivity index (χ3v) is 5.30. The van der Waals surface area contributed by atoms with Crippen LogP contribution in [0.25, 0.3) is 0 Å². The molecule has 2 aromatic carbocycles. The molecule has 2 rings (SSSR count). The minimum atomic E-state index is -3.77. The topological polar surface area (TPSA) is 46.2 Å². The van der Waals surface area contributed by atoms with Gasteiger partial charge in [-0.1, -0.05) is 23.7 Å². The third-order valence-electron chi connectivity index (χ3n) is 3.40. The molecule has 0 aliphatic carbocycles. The van der Waals surface area contributed by atoms with E-state index in [2.05, 4.69) is 4.72 Å². The van der Waals surface area contributed by atoms with E-state index in [9.17, 15) is 12.8 Å². The Kier molecular flexibility index (Phi) is 4.61. The van der Waals surface area contributed by atoms with Crippen molar-refractivity contribution in [1.82, 2.24) is 4.72 Å². The third kappa shape index (κ3) is 3.66. The van der Waals surface area contributed by atoms with Gasteiger partial charge in [-0.3, -0.25) is 0 Å². The van der Waals surface area contributed by atoms with Crippen LogP contribution < -0.4 is 4.72 Å². The van der Waals surface area contributed by atoms with E-state index in [0.717, 1.165) is 11.6 Å². The second-order valence-corrected chi connectivity index (χ2v) is 7.77. The molecule has 0 radical (unpaired) electrons. The molecule has 0 saturated heterocycles. The van der Waals surface area contributed by atoms with Crippen LogP contribution in [-0.4, -0.2) is 8.42 Å². The Balaban J connectivity index is 2.34. The smallest absolute Gasteiger partial charge is 0.207 e. The van der Waals surface area contributed by atoms with Gasteiger partial charge in [0, 0.05) is 5.02 Å². The van der Waals surface area contributed by atoms with Gasteiger partial charge < -0.3 is 0 Å². The molecule has 0 amide bonds. The maximum absolute atomic E-state index is 13.3. The van der Waals surface area contributed by atoms with Gasteiger partial charge in [-0.15, -0.1) is 0 Å². The van der Waals surface area contributed by atoms with Crippen LogP contribution in [0.5, 0.6) is 0 Å². The van der Waals surface area contributed by atoms with Crippen LogP contribution in [0.3, 0.4) is 0 Å². The molecule has 3 nitrogen and oxygen atoms in total. The Morgan fingerprint density at radius 3 is 2.23 bits per heavy atom. The summed E-state index contributed by atoms with van der Waals surface area (Å²) in [5.74, 6) is -0.434. The lowest BCUT2D eigenvalue weighted by atomic mass is 9.96. The van der Waals surface area contributed by atoms with Crippen LogP contribution in [0.1, 0.15) is 25.0 Å². The average Bonchev–Trinajstić information content (AvgIpc) is 2.41. The predicted octanol–water partition coefficient (Wildman–Crippen LogP) is 4.00. The Bertz CT molecular complexity index is 786. The van der Waals surface area contributed by atoms with E-state index >= 15 is 0 Å². The highest BCUT2D eigenvalue weighted by Gasteiger charge is 2.28. The van der Waals surface area contributed by atoms with Gasteiger partial charge in [-0.2, -0.15) is 0 Å². The Morgan fingerprint density at radius 2 is 1.68 bits per heavy atom. The van der Waals surface area contributed by atoms with E-state index in [0.29, 0.717) is 5.02 Å². The summed E-state index contributed by atoms with van der Waals surface area (Å²) < 4.78 is 40.9. The van der Waals surface area contributed by atoms with Gasteiger partial charge in [0.25, 0.3) is 0 Å². The van der Waals surface area contributed by atoms with Crippen LogP contribution in [0.2, 0.25) is 5.02 Å². The van der Waals surface area contributed by atoms with Crippen molar-refractivity contribution in [3.63, 3.8) is 0 Å². The van der Waals surface area contributed by atoms with Crippen LogP contribution in [-0.2, 0) is 15.6 Å². The molecule has 0 aliphatic heterocycles. The molecule has 0 fully saturated rings. The van der Waals surface area contributed by atoms with E-state index in [1.807, 2.05) is 0 Å². The fourth-order valence-corrected chi connectivity index (χ4v) is 3.72. The molecule has 118 valence electrons. The zero-order chi connectivity index (χ0) is 16.5. The molecule has 0 saturated carbocycles. The first-order valence-electron chi connectivity index (χ1n) is 6.68. The zero-order valence-corrected chi connectivity index (χ0v) is 14.1. The van der Waals surface area contributed by atoms with Crippen molar-refractivity contribution in [3.8, 4) is 0 Å². The number of halogens is 2. The van der Waals surface area contributed by atoms with Crippen molar-refractivity contribution < 1.29 is 12.8 Å². The summed E-state index contributed by atoms with van der Waals surface area (Å²) in [7, 11) is -3.77. The highest BCUT2D eigenvalue weighted by Crippen LogP contribution is 2.25. The van der Waals surface area contributed by atoms with Crippen LogP contribution in [0.15, 0.2) is 47.4 Å². The average molecular weight is 342 g/mol. The lowest BCUT2D eigenvalue weighted by Gasteiger charge is -2.26. The Labute approximate surface area is 135 Å². The minimum absolute atomic E-state index is 0.0356. The van der Waals surface area contributed by atoms with Crippen LogP contribution in [0, 0.1) is 12.7 Å². The van der Waals surface area contributed by atoms with Crippen LogP contribution >= 0.6 is 11.6 Å². The normalized spacial score (nSPS) is 12.4. The van der Waals surface area contributed by atoms with Gasteiger partial charge in [-0.05, 0) is 62.2 Å². The molecule has 1 N–H and O–H groups in total. The summed E-state index contributed by atoms with van der Waals surface area (Å²) >= 11 is 5.85. The Hall–Kier alpha value is -1.43. The fourth-order valence-electron chi connectivity index (χ4n) is 2.10. The monoisotopic (exact) mass is 341 g/mol. The zero-order valence-electron chi connectivity index (χ0n) is 12.5. The van der Waals surface area contributed by atoms with Gasteiger partial charge >= 0.3 is 0 Å². The highest BCUT2D eigenvalue weighted by atomic mass is 35.5. The molecule has 22 heavy (non-hydrogen) atoms. The summed E-state index contributed by atoms with van der Waals surface area (Å²) in [6.07, 6.45) is 0. The van der Waals surface area contributed by atoms with Crippen molar-refractivity contribution >= 4 is 21.6 Å². The first-order valence-corrected chi connectivity index (χ1v) is 8.54. The second kappa shape index (κ2) is 5.99. The van der Waals surface area contributed by atoms with Gasteiger partial charge in [0.15, 0.2) is 0 Å². The van der Waals surface area contributed by atoms with Crippen molar-refractivity contribution in [2.24, 2.45) is 0 Å². The molecule has 0 atom stereocenters. The SMILES string of the molecule is Cc1cc(S(=O)(=O)NC(C)(C)c2ccc(Cl)cc2)ccc1F. The van der Waals surface area contributed by atoms with Gasteiger partial charge in [0.2, 0.25) is 10.0 Å². The molecule has 0 unspecified atom stereocenters. The van der Waals surface area contributed by atoms with Crippen molar-refractivity contribution in [1.29, 1.82) is 0 Å². The van der Waals surface area contributed by atoms with E-state index in [1.165, 1.54) is 19.1 Å². The largest absolute Gasteiger partial charge is 0.241 e. The highest BCUT2D eigenvalue weighted by molar-refractivity contribution is 7.89. The number of hydrogen-bond acceptors (Lipinski definition) is 2. The maximum Gasteiger partial charge on any atom is 0.241 e. The van der Waals surface area contributed by atoms with E-state index in [-0.39, 0.29) is 10.5 Å². The number of rotatable bonds is 4. The molecule has 0 heterocycles.